The lowest BCUT2D eigenvalue weighted by molar-refractivity contribution is 1.76. The highest BCUT2D eigenvalue weighted by Crippen LogP contribution is 2.11. The van der Waals surface area contributed by atoms with Gasteiger partial charge in [-0.3, -0.25) is 0 Å². The Labute approximate surface area is 72.8 Å². The molecular formula is C7H10S2Si. The van der Waals surface area contributed by atoms with Crippen molar-refractivity contribution in [3.63, 3.8) is 0 Å². The van der Waals surface area contributed by atoms with Crippen molar-refractivity contribution >= 4 is 35.7 Å². The second-order valence-corrected chi connectivity index (χ2v) is 11.4. The average Bonchev–Trinajstić information content (AvgIpc) is 1.88. The third-order valence-corrected chi connectivity index (χ3v) is 4.30. The van der Waals surface area contributed by atoms with E-state index in [-0.39, 0.29) is 0 Å². The van der Waals surface area contributed by atoms with Crippen LogP contribution in [-0.4, -0.2) is 6.37 Å². The molecule has 0 nitrogen and oxygen atoms in total. The third kappa shape index (κ3) is 2.07. The topological polar surface area (TPSA) is 0 Å². The van der Waals surface area contributed by atoms with Crippen LogP contribution in [0, 0.1) is 0 Å². The molecule has 0 aliphatic heterocycles. The number of hydrogen-bond acceptors (Lipinski definition) is 2. The number of rotatable bonds is 1. The first-order valence-corrected chi connectivity index (χ1v) is 8.19. The summed E-state index contributed by atoms with van der Waals surface area (Å²) in [6.45, 7) is 2.09. The molecule has 0 saturated carbocycles. The predicted octanol–water partition coefficient (Wildman–Crippen LogP) is 1.83. The van der Waals surface area contributed by atoms with Gasteiger partial charge in [0.25, 0.3) is 0 Å². The molecule has 0 saturated heterocycles. The summed E-state index contributed by atoms with van der Waals surface area (Å²) >= 11 is 8.89. The van der Waals surface area contributed by atoms with Crippen molar-refractivity contribution in [3.05, 3.63) is 30.3 Å². The van der Waals surface area contributed by atoms with Gasteiger partial charge in [-0.2, -0.15) is 24.2 Å². The summed E-state index contributed by atoms with van der Waals surface area (Å²) in [5.41, 5.74) is 0. The van der Waals surface area contributed by atoms with Crippen LogP contribution in [0.4, 0.5) is 0 Å². The van der Waals surface area contributed by atoms with Crippen LogP contribution < -0.4 is 5.19 Å². The molecule has 0 aliphatic carbocycles. The minimum Gasteiger partial charge on any atom is -0.186 e. The molecule has 1 rings (SSSR count). The third-order valence-electron chi connectivity index (χ3n) is 1.32. The van der Waals surface area contributed by atoms with Gasteiger partial charge in [0.1, 0.15) is 0 Å². The summed E-state index contributed by atoms with van der Waals surface area (Å²) in [6, 6.07) is 10.2. The fourth-order valence-corrected chi connectivity index (χ4v) is 2.47. The van der Waals surface area contributed by atoms with Crippen LogP contribution >= 0.6 is 24.2 Å². The molecule has 0 aliphatic rings. The molecule has 0 amide bonds. The molecule has 0 N–H and O–H groups in total. The maximum absolute atomic E-state index is 4.45. The zero-order chi connectivity index (χ0) is 7.61. The Bertz CT molecular complexity index is 203. The zero-order valence-electron chi connectivity index (χ0n) is 5.78. The van der Waals surface area contributed by atoms with Crippen LogP contribution in [0.5, 0.6) is 0 Å². The van der Waals surface area contributed by atoms with Gasteiger partial charge in [-0.1, -0.05) is 30.3 Å². The van der Waals surface area contributed by atoms with Crippen LogP contribution in [0.15, 0.2) is 30.3 Å². The first-order valence-electron chi connectivity index (χ1n) is 3.11. The minimum atomic E-state index is -1.64. The van der Waals surface area contributed by atoms with Gasteiger partial charge in [0.05, 0.1) is 0 Å². The second kappa shape index (κ2) is 3.03. The van der Waals surface area contributed by atoms with E-state index in [1.807, 2.05) is 18.2 Å². The Morgan fingerprint density at radius 2 is 1.60 bits per heavy atom. The van der Waals surface area contributed by atoms with Crippen molar-refractivity contribution in [3.8, 4) is 0 Å². The molecule has 54 valence electrons. The largest absolute Gasteiger partial charge is 0.198 e. The molecule has 0 atom stereocenters. The summed E-state index contributed by atoms with van der Waals surface area (Å²) in [5, 5.41) is 1.27. The van der Waals surface area contributed by atoms with Crippen molar-refractivity contribution in [2.45, 2.75) is 6.55 Å². The van der Waals surface area contributed by atoms with E-state index in [9.17, 15) is 0 Å². The SMILES string of the molecule is C[Si](S)(S)c1ccccc1. The standard InChI is InChI=1S/C7H10S2Si/c1-10(8,9)7-5-3-2-4-6-7/h2-6,8-9H,1H3. The fraction of sp³-hybridized carbons (Fsp3) is 0.143. The summed E-state index contributed by atoms with van der Waals surface area (Å²) < 4.78 is 0. The van der Waals surface area contributed by atoms with E-state index in [0.29, 0.717) is 0 Å². The highest BCUT2D eigenvalue weighted by atomic mass is 32.5. The van der Waals surface area contributed by atoms with E-state index in [1.165, 1.54) is 5.19 Å². The van der Waals surface area contributed by atoms with Gasteiger partial charge in [-0.05, 0) is 11.7 Å². The Morgan fingerprint density at radius 1 is 1.10 bits per heavy atom. The summed E-state index contributed by atoms with van der Waals surface area (Å²) in [7, 11) is 0. The molecule has 3 heteroatoms. The lowest BCUT2D eigenvalue weighted by Gasteiger charge is -2.12. The Hall–Kier alpha value is 0.137. The Kier molecular flexibility index (Phi) is 2.49. The van der Waals surface area contributed by atoms with E-state index >= 15 is 0 Å². The van der Waals surface area contributed by atoms with E-state index in [4.69, 9.17) is 0 Å². The highest BCUT2D eigenvalue weighted by Gasteiger charge is 2.18. The van der Waals surface area contributed by atoms with Crippen LogP contribution in [-0.2, 0) is 0 Å². The lowest BCUT2D eigenvalue weighted by atomic mass is 10.4. The number of thiol groups is 2. The van der Waals surface area contributed by atoms with Crippen molar-refractivity contribution in [1.29, 1.82) is 0 Å². The van der Waals surface area contributed by atoms with Gasteiger partial charge in [0.2, 0.25) is 0 Å². The predicted molar refractivity (Wildman–Crippen MR) is 55.7 cm³/mol. The van der Waals surface area contributed by atoms with Crippen molar-refractivity contribution < 1.29 is 0 Å². The first kappa shape index (κ1) is 8.24. The first-order chi connectivity index (χ1) is 4.61. The normalized spacial score (nSPS) is 11.5. The zero-order valence-corrected chi connectivity index (χ0v) is 8.57. The molecule has 0 bridgehead atoms. The van der Waals surface area contributed by atoms with Crippen LogP contribution in [0.25, 0.3) is 0 Å². The van der Waals surface area contributed by atoms with Crippen molar-refractivity contribution in [2.75, 3.05) is 0 Å². The molecule has 0 heterocycles. The summed E-state index contributed by atoms with van der Waals surface area (Å²) in [6.07, 6.45) is -1.64. The lowest BCUT2D eigenvalue weighted by Crippen LogP contribution is -2.32. The number of benzene rings is 1. The molecule has 0 spiro atoms. The van der Waals surface area contributed by atoms with E-state index < -0.39 is 6.37 Å². The average molecular weight is 186 g/mol. The van der Waals surface area contributed by atoms with Gasteiger partial charge in [-0.25, -0.2) is 0 Å². The molecule has 0 unspecified atom stereocenters. The smallest absolute Gasteiger partial charge is 0.186 e. The molecular weight excluding hydrogens is 176 g/mol. The van der Waals surface area contributed by atoms with E-state index in [0.717, 1.165) is 0 Å². The van der Waals surface area contributed by atoms with Crippen molar-refractivity contribution in [1.82, 2.24) is 0 Å². The van der Waals surface area contributed by atoms with Gasteiger partial charge in [0, 0.05) is 0 Å². The Balaban J connectivity index is 2.97. The van der Waals surface area contributed by atoms with Crippen LogP contribution in [0.3, 0.4) is 0 Å². The molecule has 1 aromatic rings. The van der Waals surface area contributed by atoms with Crippen molar-refractivity contribution in [2.24, 2.45) is 0 Å². The molecule has 0 radical (unpaired) electrons. The van der Waals surface area contributed by atoms with Gasteiger partial charge in [-0.15, -0.1) is 0 Å². The molecule has 0 fully saturated rings. The molecule has 1 aromatic carbocycles. The quantitative estimate of drug-likeness (QED) is 0.485. The van der Waals surface area contributed by atoms with Crippen LogP contribution in [0.2, 0.25) is 6.55 Å². The van der Waals surface area contributed by atoms with Gasteiger partial charge in [0.15, 0.2) is 6.37 Å². The number of hydrogen-bond donors (Lipinski definition) is 2. The van der Waals surface area contributed by atoms with E-state index in [2.05, 4.69) is 42.8 Å². The fourth-order valence-electron chi connectivity index (χ4n) is 0.754. The Morgan fingerprint density at radius 3 is 1.90 bits per heavy atom. The minimum absolute atomic E-state index is 1.27. The van der Waals surface area contributed by atoms with Gasteiger partial charge < -0.3 is 0 Å². The monoisotopic (exact) mass is 186 g/mol. The second-order valence-electron chi connectivity index (χ2n) is 2.39. The van der Waals surface area contributed by atoms with Crippen LogP contribution in [0.1, 0.15) is 0 Å². The molecule has 0 aromatic heterocycles. The summed E-state index contributed by atoms with van der Waals surface area (Å²) in [5.74, 6) is 0. The maximum Gasteiger partial charge on any atom is 0.198 e. The molecule has 10 heavy (non-hydrogen) atoms. The highest BCUT2D eigenvalue weighted by molar-refractivity contribution is 8.46. The van der Waals surface area contributed by atoms with Gasteiger partial charge >= 0.3 is 0 Å². The maximum atomic E-state index is 4.45. The summed E-state index contributed by atoms with van der Waals surface area (Å²) in [4.78, 5) is 0. The van der Waals surface area contributed by atoms with E-state index in [1.54, 1.807) is 0 Å².